The Balaban J connectivity index is 1.52. The number of halogens is 1. The maximum Gasteiger partial charge on any atom is 0.224 e. The first kappa shape index (κ1) is 15.8. The summed E-state index contributed by atoms with van der Waals surface area (Å²) in [6.07, 6.45) is 4.03. The SMILES string of the molecule is O=C(CCNC1(c2ccc(Cl)cc2)CCC1)N1CCOCC1. The van der Waals surface area contributed by atoms with Gasteiger partial charge in [0.05, 0.1) is 13.2 Å². The highest BCUT2D eigenvalue weighted by molar-refractivity contribution is 6.30. The van der Waals surface area contributed by atoms with E-state index in [0.717, 1.165) is 37.5 Å². The van der Waals surface area contributed by atoms with Crippen molar-refractivity contribution in [1.29, 1.82) is 0 Å². The van der Waals surface area contributed by atoms with E-state index >= 15 is 0 Å². The van der Waals surface area contributed by atoms with Crippen molar-refractivity contribution in [2.24, 2.45) is 0 Å². The van der Waals surface area contributed by atoms with Gasteiger partial charge in [0.1, 0.15) is 0 Å². The normalized spacial score (nSPS) is 20.5. The second kappa shape index (κ2) is 6.99. The summed E-state index contributed by atoms with van der Waals surface area (Å²) in [5.41, 5.74) is 1.32. The summed E-state index contributed by atoms with van der Waals surface area (Å²) < 4.78 is 5.28. The Labute approximate surface area is 136 Å². The van der Waals surface area contributed by atoms with Gasteiger partial charge in [0.2, 0.25) is 5.91 Å². The summed E-state index contributed by atoms with van der Waals surface area (Å²) in [6.45, 7) is 3.49. The number of rotatable bonds is 5. The molecule has 0 aromatic heterocycles. The summed E-state index contributed by atoms with van der Waals surface area (Å²) in [5.74, 6) is 0.223. The third kappa shape index (κ3) is 3.45. The maximum absolute atomic E-state index is 12.2. The fourth-order valence-electron chi connectivity index (χ4n) is 3.25. The molecular formula is C17H23ClN2O2. The molecule has 4 nitrogen and oxygen atoms in total. The van der Waals surface area contributed by atoms with E-state index in [0.29, 0.717) is 19.6 Å². The largest absolute Gasteiger partial charge is 0.378 e. The maximum atomic E-state index is 12.2. The van der Waals surface area contributed by atoms with E-state index in [-0.39, 0.29) is 11.4 Å². The van der Waals surface area contributed by atoms with Crippen molar-refractivity contribution in [3.8, 4) is 0 Å². The highest BCUT2D eigenvalue weighted by atomic mass is 35.5. The molecule has 1 saturated carbocycles. The molecular weight excluding hydrogens is 300 g/mol. The highest BCUT2D eigenvalue weighted by Crippen LogP contribution is 2.41. The average molecular weight is 323 g/mol. The average Bonchev–Trinajstić information content (AvgIpc) is 2.52. The third-order valence-electron chi connectivity index (χ3n) is 4.77. The van der Waals surface area contributed by atoms with Crippen LogP contribution < -0.4 is 5.32 Å². The van der Waals surface area contributed by atoms with Gasteiger partial charge in [-0.15, -0.1) is 0 Å². The van der Waals surface area contributed by atoms with Crippen molar-refractivity contribution in [2.45, 2.75) is 31.2 Å². The number of morpholine rings is 1. The Morgan fingerprint density at radius 3 is 2.50 bits per heavy atom. The molecule has 2 fully saturated rings. The molecule has 0 radical (unpaired) electrons. The lowest BCUT2D eigenvalue weighted by molar-refractivity contribution is -0.135. The molecule has 120 valence electrons. The Bertz CT molecular complexity index is 508. The topological polar surface area (TPSA) is 41.6 Å². The van der Waals surface area contributed by atoms with Crippen molar-refractivity contribution >= 4 is 17.5 Å². The van der Waals surface area contributed by atoms with Gasteiger partial charge in [0.15, 0.2) is 0 Å². The van der Waals surface area contributed by atoms with Gasteiger partial charge in [-0.25, -0.2) is 0 Å². The van der Waals surface area contributed by atoms with Gasteiger partial charge >= 0.3 is 0 Å². The number of ether oxygens (including phenoxy) is 1. The van der Waals surface area contributed by atoms with E-state index in [2.05, 4.69) is 17.4 Å². The summed E-state index contributed by atoms with van der Waals surface area (Å²) in [5, 5.41) is 4.38. The number of carbonyl (C=O) groups is 1. The summed E-state index contributed by atoms with van der Waals surface area (Å²) in [6, 6.07) is 8.08. The van der Waals surface area contributed by atoms with E-state index in [4.69, 9.17) is 16.3 Å². The first-order valence-corrected chi connectivity index (χ1v) is 8.44. The standard InChI is InChI=1S/C17H23ClN2O2/c18-15-4-2-14(3-5-15)17(7-1-8-17)19-9-6-16(21)20-10-12-22-13-11-20/h2-5,19H,1,6-13H2. The number of hydrogen-bond donors (Lipinski definition) is 1. The van der Waals surface area contributed by atoms with Crippen LogP contribution in [0.3, 0.4) is 0 Å². The van der Waals surface area contributed by atoms with Crippen LogP contribution in [0.4, 0.5) is 0 Å². The fourth-order valence-corrected chi connectivity index (χ4v) is 3.37. The van der Waals surface area contributed by atoms with Gasteiger partial charge in [0.25, 0.3) is 0 Å². The Kier molecular flexibility index (Phi) is 5.01. The lowest BCUT2D eigenvalue weighted by Crippen LogP contribution is -2.49. The zero-order chi connectivity index (χ0) is 15.4. The molecule has 1 N–H and O–H groups in total. The van der Waals surface area contributed by atoms with Crippen molar-refractivity contribution in [1.82, 2.24) is 10.2 Å². The van der Waals surface area contributed by atoms with Crippen LogP contribution in [0, 0.1) is 0 Å². The molecule has 1 aliphatic carbocycles. The molecule has 1 aromatic carbocycles. The number of benzene rings is 1. The van der Waals surface area contributed by atoms with Crippen LogP contribution in [-0.2, 0) is 15.1 Å². The van der Waals surface area contributed by atoms with Gasteiger partial charge in [-0.1, -0.05) is 23.7 Å². The summed E-state index contributed by atoms with van der Waals surface area (Å²) in [7, 11) is 0. The molecule has 3 rings (SSSR count). The molecule has 1 aromatic rings. The van der Waals surface area contributed by atoms with Crippen LogP contribution in [0.15, 0.2) is 24.3 Å². The minimum atomic E-state index is 0.0376. The monoisotopic (exact) mass is 322 g/mol. The molecule has 1 aliphatic heterocycles. The quantitative estimate of drug-likeness (QED) is 0.906. The molecule has 0 spiro atoms. The first-order chi connectivity index (χ1) is 10.7. The zero-order valence-electron chi connectivity index (χ0n) is 12.8. The number of carbonyl (C=O) groups excluding carboxylic acids is 1. The predicted molar refractivity (Wildman–Crippen MR) is 87.0 cm³/mol. The van der Waals surface area contributed by atoms with Crippen LogP contribution >= 0.6 is 11.6 Å². The zero-order valence-corrected chi connectivity index (χ0v) is 13.6. The number of nitrogens with zero attached hydrogens (tertiary/aromatic N) is 1. The van der Waals surface area contributed by atoms with Crippen LogP contribution in [0.2, 0.25) is 5.02 Å². The van der Waals surface area contributed by atoms with Gasteiger partial charge < -0.3 is 15.0 Å². The lowest BCUT2D eigenvalue weighted by atomic mass is 9.72. The van der Waals surface area contributed by atoms with Crippen LogP contribution in [0.5, 0.6) is 0 Å². The molecule has 1 amide bonds. The molecule has 1 heterocycles. The Hall–Kier alpha value is -1.10. The second-order valence-corrected chi connectivity index (χ2v) is 6.55. The van der Waals surface area contributed by atoms with E-state index in [1.165, 1.54) is 12.0 Å². The molecule has 22 heavy (non-hydrogen) atoms. The van der Waals surface area contributed by atoms with Gasteiger partial charge in [-0.05, 0) is 37.0 Å². The number of nitrogens with one attached hydrogen (secondary N) is 1. The number of hydrogen-bond acceptors (Lipinski definition) is 3. The van der Waals surface area contributed by atoms with Crippen molar-refractivity contribution in [3.05, 3.63) is 34.9 Å². The van der Waals surface area contributed by atoms with Gasteiger partial charge in [-0.2, -0.15) is 0 Å². The van der Waals surface area contributed by atoms with Crippen LogP contribution in [0.25, 0.3) is 0 Å². The van der Waals surface area contributed by atoms with Crippen molar-refractivity contribution < 1.29 is 9.53 Å². The minimum absolute atomic E-state index is 0.0376. The molecule has 0 bridgehead atoms. The number of amides is 1. The minimum Gasteiger partial charge on any atom is -0.378 e. The molecule has 2 aliphatic rings. The smallest absolute Gasteiger partial charge is 0.224 e. The van der Waals surface area contributed by atoms with E-state index in [9.17, 15) is 4.79 Å². The third-order valence-corrected chi connectivity index (χ3v) is 5.02. The predicted octanol–water partition coefficient (Wildman–Crippen LogP) is 2.56. The van der Waals surface area contributed by atoms with E-state index in [1.807, 2.05) is 17.0 Å². The first-order valence-electron chi connectivity index (χ1n) is 8.06. The lowest BCUT2D eigenvalue weighted by Gasteiger charge is -2.43. The summed E-state index contributed by atoms with van der Waals surface area (Å²) >= 11 is 5.97. The van der Waals surface area contributed by atoms with Crippen molar-refractivity contribution in [3.63, 3.8) is 0 Å². The molecule has 5 heteroatoms. The second-order valence-electron chi connectivity index (χ2n) is 6.11. The Morgan fingerprint density at radius 1 is 1.23 bits per heavy atom. The highest BCUT2D eigenvalue weighted by Gasteiger charge is 2.38. The van der Waals surface area contributed by atoms with E-state index < -0.39 is 0 Å². The summed E-state index contributed by atoms with van der Waals surface area (Å²) in [4.78, 5) is 14.1. The van der Waals surface area contributed by atoms with Crippen LogP contribution in [0.1, 0.15) is 31.2 Å². The fraction of sp³-hybridized carbons (Fsp3) is 0.588. The van der Waals surface area contributed by atoms with Crippen LogP contribution in [-0.4, -0.2) is 43.7 Å². The molecule has 1 saturated heterocycles. The van der Waals surface area contributed by atoms with Gasteiger partial charge in [0, 0.05) is 36.6 Å². The van der Waals surface area contributed by atoms with E-state index in [1.54, 1.807) is 0 Å². The van der Waals surface area contributed by atoms with Gasteiger partial charge in [-0.3, -0.25) is 4.79 Å². The van der Waals surface area contributed by atoms with Crippen molar-refractivity contribution in [2.75, 3.05) is 32.8 Å². The Morgan fingerprint density at radius 2 is 1.91 bits per heavy atom. The molecule has 0 unspecified atom stereocenters. The molecule has 0 atom stereocenters.